The monoisotopic (exact) mass is 535 g/mol. The Bertz CT molecular complexity index is 1320. The first-order valence-corrected chi connectivity index (χ1v) is 12.2. The summed E-state index contributed by atoms with van der Waals surface area (Å²) < 4.78 is 63.3. The molecule has 5 rings (SSSR count). The van der Waals surface area contributed by atoms with Crippen LogP contribution in [-0.4, -0.2) is 80.1 Å². The lowest BCUT2D eigenvalue weighted by molar-refractivity contribution is -0.136. The van der Waals surface area contributed by atoms with Crippen molar-refractivity contribution in [1.29, 1.82) is 0 Å². The second-order valence-corrected chi connectivity index (χ2v) is 9.02. The van der Waals surface area contributed by atoms with Gasteiger partial charge in [0.25, 0.3) is 5.91 Å². The van der Waals surface area contributed by atoms with Crippen molar-refractivity contribution in [1.82, 2.24) is 14.9 Å². The van der Waals surface area contributed by atoms with Gasteiger partial charge in [-0.15, -0.1) is 0 Å². The Labute approximate surface area is 216 Å². The summed E-state index contributed by atoms with van der Waals surface area (Å²) in [5.41, 5.74) is 0.299. The van der Waals surface area contributed by atoms with Crippen molar-refractivity contribution in [2.24, 2.45) is 0 Å². The number of aromatic amines is 1. The topological polar surface area (TPSA) is 110 Å². The summed E-state index contributed by atoms with van der Waals surface area (Å²) in [6.45, 7) is 4.52. The predicted octanol–water partition coefficient (Wildman–Crippen LogP) is 4.02. The molecule has 10 nitrogen and oxygen atoms in total. The van der Waals surface area contributed by atoms with Crippen LogP contribution >= 0.6 is 0 Å². The molecule has 2 aromatic heterocycles. The van der Waals surface area contributed by atoms with Crippen LogP contribution in [0.15, 0.2) is 24.4 Å². The Kier molecular flexibility index (Phi) is 7.21. The third-order valence-corrected chi connectivity index (χ3v) is 6.25. The van der Waals surface area contributed by atoms with Gasteiger partial charge in [-0.2, -0.15) is 13.2 Å². The number of ether oxygens (including phenoxy) is 4. The van der Waals surface area contributed by atoms with Gasteiger partial charge in [-0.25, -0.2) is 4.98 Å². The second kappa shape index (κ2) is 10.6. The largest absolute Gasteiger partial charge is 0.485 e. The number of benzene rings is 1. The number of morpholine rings is 1. The summed E-state index contributed by atoms with van der Waals surface area (Å²) in [4.78, 5) is 21.9. The molecule has 4 heterocycles. The van der Waals surface area contributed by atoms with E-state index >= 15 is 0 Å². The van der Waals surface area contributed by atoms with E-state index in [1.165, 1.54) is 13.2 Å². The summed E-state index contributed by atoms with van der Waals surface area (Å²) in [5, 5.41) is 6.15. The SMILES string of the molecule is COCC(C)Nc1cc(Nc2ccc(C(=O)N3CCOCC3)c3c2OCCO3)nc2[nH]cc(C(F)(F)F)c12. The zero-order chi connectivity index (χ0) is 26.9. The minimum absolute atomic E-state index is 0.0552. The maximum atomic E-state index is 13.7. The molecule has 1 saturated heterocycles. The Morgan fingerprint density at radius 2 is 1.89 bits per heavy atom. The Hall–Kier alpha value is -3.71. The molecular weight excluding hydrogens is 507 g/mol. The fourth-order valence-corrected chi connectivity index (χ4v) is 4.57. The first-order chi connectivity index (χ1) is 18.3. The second-order valence-electron chi connectivity index (χ2n) is 9.02. The van der Waals surface area contributed by atoms with Crippen molar-refractivity contribution >= 4 is 34.1 Å². The number of nitrogens with one attached hydrogen (secondary N) is 3. The van der Waals surface area contributed by atoms with Gasteiger partial charge in [0.05, 0.1) is 42.0 Å². The number of hydrogen-bond donors (Lipinski definition) is 3. The molecule has 3 aromatic rings. The number of methoxy groups -OCH3 is 1. The van der Waals surface area contributed by atoms with Gasteiger partial charge in [0, 0.05) is 44.2 Å². The molecule has 3 N–H and O–H groups in total. The van der Waals surface area contributed by atoms with Gasteiger partial charge in [-0.3, -0.25) is 4.79 Å². The minimum atomic E-state index is -4.57. The summed E-state index contributed by atoms with van der Waals surface area (Å²) in [6, 6.07) is 4.54. The van der Waals surface area contributed by atoms with E-state index in [0.717, 1.165) is 6.20 Å². The molecule has 0 saturated carbocycles. The molecule has 1 unspecified atom stereocenters. The highest BCUT2D eigenvalue weighted by atomic mass is 19.4. The van der Waals surface area contributed by atoms with Crippen LogP contribution in [0.2, 0.25) is 0 Å². The van der Waals surface area contributed by atoms with Crippen LogP contribution in [0.4, 0.5) is 30.4 Å². The number of amides is 1. The maximum absolute atomic E-state index is 13.7. The molecule has 38 heavy (non-hydrogen) atoms. The normalized spacial score (nSPS) is 16.4. The number of carbonyl (C=O) groups is 1. The van der Waals surface area contributed by atoms with Gasteiger partial charge in [0.2, 0.25) is 0 Å². The summed E-state index contributed by atoms with van der Waals surface area (Å²) in [7, 11) is 1.52. The average molecular weight is 536 g/mol. The molecule has 1 aromatic carbocycles. The molecule has 1 atom stereocenters. The maximum Gasteiger partial charge on any atom is 0.418 e. The van der Waals surface area contributed by atoms with Gasteiger partial charge < -0.3 is 39.5 Å². The number of rotatable bonds is 7. The number of alkyl halides is 3. The zero-order valence-electron chi connectivity index (χ0n) is 20.9. The third kappa shape index (κ3) is 5.16. The summed E-state index contributed by atoms with van der Waals surface area (Å²) in [5.74, 6) is 0.724. The quantitative estimate of drug-likeness (QED) is 0.416. The molecule has 1 amide bonds. The smallest absolute Gasteiger partial charge is 0.418 e. The molecule has 2 aliphatic heterocycles. The van der Waals surface area contributed by atoms with Crippen LogP contribution < -0.4 is 20.1 Å². The van der Waals surface area contributed by atoms with Gasteiger partial charge in [0.1, 0.15) is 24.7 Å². The Morgan fingerprint density at radius 1 is 1.16 bits per heavy atom. The van der Waals surface area contributed by atoms with Crippen molar-refractivity contribution in [2.75, 3.05) is 63.9 Å². The number of pyridine rings is 1. The molecule has 13 heteroatoms. The predicted molar refractivity (Wildman–Crippen MR) is 133 cm³/mol. The van der Waals surface area contributed by atoms with E-state index in [9.17, 15) is 18.0 Å². The number of anilines is 3. The van der Waals surface area contributed by atoms with Gasteiger partial charge in [-0.1, -0.05) is 0 Å². The van der Waals surface area contributed by atoms with Crippen LogP contribution in [0, 0.1) is 0 Å². The fraction of sp³-hybridized carbons (Fsp3) is 0.440. The van der Waals surface area contributed by atoms with E-state index in [-0.39, 0.29) is 54.3 Å². The van der Waals surface area contributed by atoms with Crippen molar-refractivity contribution < 1.29 is 36.9 Å². The number of H-pyrrole nitrogens is 1. The van der Waals surface area contributed by atoms with Crippen molar-refractivity contribution in [2.45, 2.75) is 19.1 Å². The molecule has 0 bridgehead atoms. The highest BCUT2D eigenvalue weighted by Crippen LogP contribution is 2.43. The van der Waals surface area contributed by atoms with E-state index < -0.39 is 11.7 Å². The first kappa shape index (κ1) is 25.9. The Balaban J connectivity index is 1.51. The van der Waals surface area contributed by atoms with Crippen molar-refractivity contribution in [3.63, 3.8) is 0 Å². The lowest BCUT2D eigenvalue weighted by Gasteiger charge is -2.29. The number of halogens is 3. The molecule has 2 aliphatic rings. The molecule has 0 spiro atoms. The molecule has 204 valence electrons. The van der Waals surface area contributed by atoms with Gasteiger partial charge in [-0.05, 0) is 19.1 Å². The third-order valence-electron chi connectivity index (χ3n) is 6.25. The zero-order valence-corrected chi connectivity index (χ0v) is 20.9. The van der Waals surface area contributed by atoms with Gasteiger partial charge >= 0.3 is 6.18 Å². The first-order valence-electron chi connectivity index (χ1n) is 12.2. The van der Waals surface area contributed by atoms with Crippen molar-refractivity contribution in [3.8, 4) is 11.5 Å². The lowest BCUT2D eigenvalue weighted by atomic mass is 10.1. The van der Waals surface area contributed by atoms with E-state index in [1.54, 1.807) is 24.0 Å². The molecule has 0 aliphatic carbocycles. The number of carbonyl (C=O) groups excluding carboxylic acids is 1. The standard InChI is InChI=1S/C25H28F3N5O5/c1-14(13-35-2)30-18-11-19(32-23-20(18)16(12-29-23)25(26,27)28)31-17-4-3-15(21-22(17)38-10-9-37-21)24(34)33-5-7-36-8-6-33/h3-4,11-12,14H,5-10,13H2,1-2H3,(H3,29,30,31,32). The summed E-state index contributed by atoms with van der Waals surface area (Å²) >= 11 is 0. The van der Waals surface area contributed by atoms with E-state index in [1.807, 2.05) is 0 Å². The fourth-order valence-electron chi connectivity index (χ4n) is 4.57. The van der Waals surface area contributed by atoms with Crippen LogP contribution in [0.25, 0.3) is 11.0 Å². The van der Waals surface area contributed by atoms with Crippen LogP contribution in [-0.2, 0) is 15.7 Å². The van der Waals surface area contributed by atoms with Crippen LogP contribution in [0.1, 0.15) is 22.8 Å². The molecule has 0 radical (unpaired) electrons. The number of aromatic nitrogens is 2. The highest BCUT2D eigenvalue weighted by molar-refractivity contribution is 6.00. The van der Waals surface area contributed by atoms with E-state index in [0.29, 0.717) is 49.1 Å². The van der Waals surface area contributed by atoms with Crippen molar-refractivity contribution in [3.05, 3.63) is 35.5 Å². The molecule has 1 fully saturated rings. The number of hydrogen-bond acceptors (Lipinski definition) is 8. The number of fused-ring (bicyclic) bond motifs is 2. The summed E-state index contributed by atoms with van der Waals surface area (Å²) in [6.07, 6.45) is -3.67. The minimum Gasteiger partial charge on any atom is -0.485 e. The molecular formula is C25H28F3N5O5. The average Bonchev–Trinajstić information content (AvgIpc) is 3.34. The number of nitrogens with zero attached hydrogens (tertiary/aromatic N) is 2. The highest BCUT2D eigenvalue weighted by Gasteiger charge is 2.35. The van der Waals surface area contributed by atoms with E-state index in [4.69, 9.17) is 18.9 Å². The van der Waals surface area contributed by atoms with Gasteiger partial charge in [0.15, 0.2) is 11.5 Å². The lowest BCUT2D eigenvalue weighted by Crippen LogP contribution is -2.41. The van der Waals surface area contributed by atoms with Crippen LogP contribution in [0.3, 0.4) is 0 Å². The van der Waals surface area contributed by atoms with E-state index in [2.05, 4.69) is 20.6 Å². The Morgan fingerprint density at radius 3 is 2.61 bits per heavy atom. The van der Waals surface area contributed by atoms with Crippen LogP contribution in [0.5, 0.6) is 11.5 Å².